The van der Waals surface area contributed by atoms with E-state index in [9.17, 15) is 14.4 Å². The molecule has 1 aliphatic carbocycles. The molecule has 3 aromatic rings. The number of fused-ring (bicyclic) bond motifs is 2. The number of likely N-dealkylation sites (tertiary alicyclic amines) is 2. The molecule has 2 aromatic heterocycles. The van der Waals surface area contributed by atoms with Crippen LogP contribution in [0.5, 0.6) is 0 Å². The second-order valence-electron chi connectivity index (χ2n) is 15.5. The van der Waals surface area contributed by atoms with Crippen molar-refractivity contribution in [2.75, 3.05) is 65.2 Å². The van der Waals surface area contributed by atoms with Gasteiger partial charge >= 0.3 is 6.03 Å². The number of nitrogens with zero attached hydrogens (tertiary/aromatic N) is 5. The summed E-state index contributed by atoms with van der Waals surface area (Å²) in [5.74, 6) is 1.23. The van der Waals surface area contributed by atoms with Gasteiger partial charge in [-0.3, -0.25) is 19.6 Å². The van der Waals surface area contributed by atoms with Gasteiger partial charge in [0.05, 0.1) is 16.7 Å². The van der Waals surface area contributed by atoms with Gasteiger partial charge in [0.1, 0.15) is 6.04 Å². The summed E-state index contributed by atoms with van der Waals surface area (Å²) in [5, 5.41) is 12.5. The Kier molecular flexibility index (Phi) is 8.98. The number of hydrogen-bond donors (Lipinski definition) is 3. The lowest BCUT2D eigenvalue weighted by molar-refractivity contribution is -0.135. The zero-order valence-corrected chi connectivity index (χ0v) is 29.7. The summed E-state index contributed by atoms with van der Waals surface area (Å²) in [6.45, 7) is 8.51. The average Bonchev–Trinajstić information content (AvgIpc) is 3.68. The van der Waals surface area contributed by atoms with Gasteiger partial charge in [0.2, 0.25) is 5.91 Å². The minimum atomic E-state index is -0.667. The van der Waals surface area contributed by atoms with E-state index >= 15 is 0 Å². The first-order chi connectivity index (χ1) is 23.7. The lowest BCUT2D eigenvalue weighted by atomic mass is 9.88. The molecule has 4 aliphatic heterocycles. The number of H-pyrrole nitrogens is 2. The van der Waals surface area contributed by atoms with E-state index in [2.05, 4.69) is 55.5 Å². The molecule has 4 fully saturated rings. The Hall–Kier alpha value is -3.35. The maximum Gasteiger partial charge on any atom is 0.318 e. The molecule has 1 aromatic carbocycles. The number of pyridine rings is 1. The minimum Gasteiger partial charge on any atom is -0.338 e. The summed E-state index contributed by atoms with van der Waals surface area (Å²) in [6, 6.07) is 6.05. The van der Waals surface area contributed by atoms with Crippen molar-refractivity contribution in [3.05, 3.63) is 57.0 Å². The molecule has 12 heteroatoms. The number of carbonyl (C=O) groups excluding carboxylic acids is 2. The second kappa shape index (κ2) is 13.4. The Morgan fingerprint density at radius 1 is 1.00 bits per heavy atom. The van der Waals surface area contributed by atoms with Gasteiger partial charge in [0.25, 0.3) is 5.56 Å². The van der Waals surface area contributed by atoms with Crippen molar-refractivity contribution in [1.29, 1.82) is 0 Å². The van der Waals surface area contributed by atoms with Gasteiger partial charge in [-0.05, 0) is 112 Å². The molecule has 3 amide bonds. The summed E-state index contributed by atoms with van der Waals surface area (Å²) in [4.78, 5) is 53.1. The molecule has 0 radical (unpaired) electrons. The molecular weight excluding hydrogens is 637 g/mol. The molecular formula is C37H50N8O3S. The van der Waals surface area contributed by atoms with Gasteiger partial charge in [-0.15, -0.1) is 11.8 Å². The standard InChI is InChI=1S/C37H50N8O3S/c1-24-17-25(18-28-22-38-41-32(24)28)19-31(35(47)44-15-13-43(14-16-44)29-5-9-42(2)10-6-29)39-36(48)45-11-3-26(4-12-45)30-20-27-21-37(7-8-37)23-49-34(27)40-33(30)46/h17-18,20,22,26,29,31H,3-16,19,21,23H2,1-2H3,(H,38,41)(H,39,48)(H,40,46)/t31-/m1/s1. The third-order valence-electron chi connectivity index (χ3n) is 12.0. The SMILES string of the molecule is Cc1cc(C[C@@H](NC(=O)N2CCC(c3cc4c([nH]c3=O)SCC3(CC3)C4)CC2)C(=O)N2CCN(C3CCN(C)CC3)CC2)cc2cn[nH]c12. The Labute approximate surface area is 292 Å². The Bertz CT molecular complexity index is 1760. The number of thioether (sulfide) groups is 1. The summed E-state index contributed by atoms with van der Waals surface area (Å²) in [7, 11) is 2.19. The van der Waals surface area contributed by atoms with Crippen LogP contribution in [0.25, 0.3) is 10.9 Å². The predicted octanol–water partition coefficient (Wildman–Crippen LogP) is 3.73. The Morgan fingerprint density at radius 3 is 2.49 bits per heavy atom. The van der Waals surface area contributed by atoms with E-state index in [1.165, 1.54) is 31.2 Å². The molecule has 262 valence electrons. The van der Waals surface area contributed by atoms with Gasteiger partial charge < -0.3 is 25.0 Å². The minimum absolute atomic E-state index is 0.0110. The van der Waals surface area contributed by atoms with E-state index in [-0.39, 0.29) is 23.4 Å². The molecule has 5 aliphatic rings. The van der Waals surface area contributed by atoms with E-state index in [4.69, 9.17) is 0 Å². The van der Waals surface area contributed by atoms with Crippen molar-refractivity contribution in [3.63, 3.8) is 0 Å². The van der Waals surface area contributed by atoms with Gasteiger partial charge in [0.15, 0.2) is 0 Å². The van der Waals surface area contributed by atoms with E-state index in [1.807, 2.05) is 22.9 Å². The van der Waals surface area contributed by atoms with E-state index < -0.39 is 6.04 Å². The maximum atomic E-state index is 14.2. The Balaban J connectivity index is 0.934. The first kappa shape index (κ1) is 32.8. The van der Waals surface area contributed by atoms with Gasteiger partial charge in [0, 0.05) is 68.4 Å². The molecule has 49 heavy (non-hydrogen) atoms. The molecule has 6 heterocycles. The van der Waals surface area contributed by atoms with Crippen molar-refractivity contribution < 1.29 is 9.59 Å². The highest BCUT2D eigenvalue weighted by Crippen LogP contribution is 2.55. The highest BCUT2D eigenvalue weighted by atomic mass is 32.2. The monoisotopic (exact) mass is 686 g/mol. The fourth-order valence-electron chi connectivity index (χ4n) is 8.70. The van der Waals surface area contributed by atoms with Crippen LogP contribution in [0, 0.1) is 12.3 Å². The highest BCUT2D eigenvalue weighted by molar-refractivity contribution is 7.99. The van der Waals surface area contributed by atoms with Gasteiger partial charge in [-0.1, -0.05) is 6.07 Å². The van der Waals surface area contributed by atoms with Crippen molar-refractivity contribution >= 4 is 34.6 Å². The number of aryl methyl sites for hydroxylation is 1. The molecule has 0 bridgehead atoms. The normalized spacial score (nSPS) is 22.7. The molecule has 1 spiro atoms. The molecule has 8 rings (SSSR count). The van der Waals surface area contributed by atoms with Crippen LogP contribution < -0.4 is 10.9 Å². The smallest absolute Gasteiger partial charge is 0.318 e. The van der Waals surface area contributed by atoms with Crippen LogP contribution in [0.2, 0.25) is 0 Å². The number of aromatic amines is 2. The lowest BCUT2D eigenvalue weighted by Gasteiger charge is -2.43. The first-order valence-electron chi connectivity index (χ1n) is 18.3. The molecule has 3 saturated heterocycles. The third-order valence-corrected chi connectivity index (χ3v) is 13.5. The highest BCUT2D eigenvalue weighted by Gasteiger charge is 2.45. The van der Waals surface area contributed by atoms with Crippen LogP contribution >= 0.6 is 11.8 Å². The molecule has 3 N–H and O–H groups in total. The van der Waals surface area contributed by atoms with Crippen LogP contribution in [0.15, 0.2) is 34.2 Å². The van der Waals surface area contributed by atoms with Crippen LogP contribution in [0.4, 0.5) is 4.79 Å². The van der Waals surface area contributed by atoms with Crippen LogP contribution in [-0.2, 0) is 17.6 Å². The predicted molar refractivity (Wildman–Crippen MR) is 192 cm³/mol. The number of benzene rings is 1. The number of carbonyl (C=O) groups is 2. The van der Waals surface area contributed by atoms with Crippen molar-refractivity contribution in [1.82, 2.24) is 40.1 Å². The number of rotatable bonds is 6. The molecule has 11 nitrogen and oxygen atoms in total. The number of aromatic nitrogens is 3. The van der Waals surface area contributed by atoms with Crippen molar-refractivity contribution in [2.24, 2.45) is 5.41 Å². The number of amides is 3. The molecule has 1 atom stereocenters. The third kappa shape index (κ3) is 6.88. The quantitative estimate of drug-likeness (QED) is 0.362. The zero-order chi connectivity index (χ0) is 33.7. The van der Waals surface area contributed by atoms with E-state index in [1.54, 1.807) is 11.8 Å². The van der Waals surface area contributed by atoms with Crippen LogP contribution in [0.1, 0.15) is 66.7 Å². The number of piperazine rings is 1. The average molecular weight is 687 g/mol. The van der Waals surface area contributed by atoms with Crippen LogP contribution in [-0.4, -0.2) is 124 Å². The lowest BCUT2D eigenvalue weighted by Crippen LogP contribution is -2.59. The zero-order valence-electron chi connectivity index (χ0n) is 28.9. The molecule has 1 saturated carbocycles. The summed E-state index contributed by atoms with van der Waals surface area (Å²) in [6.07, 6.45) is 9.70. The fourth-order valence-corrected chi connectivity index (χ4v) is 10.0. The summed E-state index contributed by atoms with van der Waals surface area (Å²) in [5.41, 5.74) is 5.70. The number of urea groups is 1. The maximum absolute atomic E-state index is 14.2. The Morgan fingerprint density at radius 2 is 1.76 bits per heavy atom. The van der Waals surface area contributed by atoms with Gasteiger partial charge in [-0.2, -0.15) is 5.10 Å². The van der Waals surface area contributed by atoms with E-state index in [0.29, 0.717) is 44.1 Å². The second-order valence-corrected chi connectivity index (χ2v) is 16.5. The van der Waals surface area contributed by atoms with Gasteiger partial charge in [-0.25, -0.2) is 4.79 Å². The molecule has 0 unspecified atom stereocenters. The van der Waals surface area contributed by atoms with Crippen molar-refractivity contribution in [2.45, 2.75) is 81.3 Å². The fraction of sp³-hybridized carbons (Fsp3) is 0.622. The number of nitrogens with one attached hydrogen (secondary N) is 3. The topological polar surface area (TPSA) is 121 Å². The van der Waals surface area contributed by atoms with E-state index in [0.717, 1.165) is 83.8 Å². The number of hydrogen-bond acceptors (Lipinski definition) is 7. The summed E-state index contributed by atoms with van der Waals surface area (Å²) >= 11 is 1.80. The van der Waals surface area contributed by atoms with Crippen LogP contribution in [0.3, 0.4) is 0 Å². The summed E-state index contributed by atoms with van der Waals surface area (Å²) < 4.78 is 0. The number of piperidine rings is 2. The van der Waals surface area contributed by atoms with Crippen molar-refractivity contribution in [3.8, 4) is 0 Å². The first-order valence-corrected chi connectivity index (χ1v) is 19.3. The largest absolute Gasteiger partial charge is 0.338 e.